The van der Waals surface area contributed by atoms with E-state index in [1.807, 2.05) is 0 Å². The second-order valence-corrected chi connectivity index (χ2v) is 3.66. The standard InChI is InChI=1S/C10H18O5/c1-7(11)3-9(13)5-15-6-10(14)4-8(2)12/h9-10,13-14H,3-6H2,1-2H3. The van der Waals surface area contributed by atoms with Crippen molar-refractivity contribution in [2.24, 2.45) is 0 Å². The van der Waals surface area contributed by atoms with Gasteiger partial charge < -0.3 is 14.9 Å². The minimum Gasteiger partial charge on any atom is -0.390 e. The first kappa shape index (κ1) is 14.2. The second-order valence-electron chi connectivity index (χ2n) is 3.66. The summed E-state index contributed by atoms with van der Waals surface area (Å²) >= 11 is 0. The molecule has 0 aromatic rings. The van der Waals surface area contributed by atoms with Crippen LogP contribution in [0.1, 0.15) is 26.7 Å². The topological polar surface area (TPSA) is 83.8 Å². The average Bonchev–Trinajstić information content (AvgIpc) is 2.00. The number of aliphatic hydroxyl groups is 2. The normalized spacial score (nSPS) is 14.7. The van der Waals surface area contributed by atoms with E-state index in [0.29, 0.717) is 0 Å². The lowest BCUT2D eigenvalue weighted by Gasteiger charge is -2.12. The van der Waals surface area contributed by atoms with E-state index in [0.717, 1.165) is 0 Å². The van der Waals surface area contributed by atoms with Gasteiger partial charge in [-0.25, -0.2) is 0 Å². The largest absolute Gasteiger partial charge is 0.390 e. The minimum atomic E-state index is -0.841. The molecule has 15 heavy (non-hydrogen) atoms. The van der Waals surface area contributed by atoms with Gasteiger partial charge in [0.15, 0.2) is 0 Å². The molecular formula is C10H18O5. The van der Waals surface area contributed by atoms with Crippen molar-refractivity contribution in [1.29, 1.82) is 0 Å². The number of hydrogen-bond acceptors (Lipinski definition) is 5. The number of ketones is 2. The van der Waals surface area contributed by atoms with Crippen LogP contribution in [0.3, 0.4) is 0 Å². The molecule has 5 heteroatoms. The van der Waals surface area contributed by atoms with Crippen LogP contribution in [0.15, 0.2) is 0 Å². The van der Waals surface area contributed by atoms with Gasteiger partial charge in [-0.15, -0.1) is 0 Å². The molecule has 2 atom stereocenters. The highest BCUT2D eigenvalue weighted by molar-refractivity contribution is 5.76. The van der Waals surface area contributed by atoms with Crippen LogP contribution in [0, 0.1) is 0 Å². The van der Waals surface area contributed by atoms with Crippen molar-refractivity contribution in [2.75, 3.05) is 13.2 Å². The molecule has 0 aliphatic carbocycles. The number of Topliss-reactive ketones (excluding diaryl/α,β-unsaturated/α-hetero) is 2. The summed E-state index contributed by atoms with van der Waals surface area (Å²) in [4.78, 5) is 21.2. The number of ether oxygens (including phenoxy) is 1. The first-order valence-electron chi connectivity index (χ1n) is 4.84. The molecule has 88 valence electrons. The summed E-state index contributed by atoms with van der Waals surface area (Å²) in [6, 6.07) is 0. The molecule has 0 aromatic heterocycles. The number of aliphatic hydroxyl groups excluding tert-OH is 2. The highest BCUT2D eigenvalue weighted by Crippen LogP contribution is 1.97. The Morgan fingerprint density at radius 1 is 1.00 bits per heavy atom. The molecule has 0 fully saturated rings. The Labute approximate surface area is 89.0 Å². The summed E-state index contributed by atoms with van der Waals surface area (Å²) in [6.45, 7) is 2.75. The summed E-state index contributed by atoms with van der Waals surface area (Å²) < 4.78 is 4.95. The van der Waals surface area contributed by atoms with Gasteiger partial charge in [-0.1, -0.05) is 0 Å². The molecule has 2 N–H and O–H groups in total. The van der Waals surface area contributed by atoms with Gasteiger partial charge in [-0.2, -0.15) is 0 Å². The van der Waals surface area contributed by atoms with Crippen LogP contribution in [-0.4, -0.2) is 47.2 Å². The molecule has 0 aromatic carbocycles. The van der Waals surface area contributed by atoms with Gasteiger partial charge >= 0.3 is 0 Å². The SMILES string of the molecule is CC(=O)CC(O)COCC(O)CC(C)=O. The summed E-state index contributed by atoms with van der Waals surface area (Å²) in [5.41, 5.74) is 0. The molecule has 5 nitrogen and oxygen atoms in total. The lowest BCUT2D eigenvalue weighted by molar-refractivity contribution is -0.120. The Kier molecular flexibility index (Phi) is 7.11. The smallest absolute Gasteiger partial charge is 0.132 e. The summed E-state index contributed by atoms with van der Waals surface area (Å²) in [5.74, 6) is -0.231. The van der Waals surface area contributed by atoms with Crippen molar-refractivity contribution >= 4 is 11.6 Å². The van der Waals surface area contributed by atoms with Gasteiger partial charge in [0, 0.05) is 12.8 Å². The van der Waals surface area contributed by atoms with Crippen LogP contribution in [0.4, 0.5) is 0 Å². The third kappa shape index (κ3) is 9.52. The van der Waals surface area contributed by atoms with E-state index in [9.17, 15) is 19.8 Å². The number of rotatable bonds is 8. The van der Waals surface area contributed by atoms with Crippen molar-refractivity contribution in [3.05, 3.63) is 0 Å². The van der Waals surface area contributed by atoms with Gasteiger partial charge in [0.2, 0.25) is 0 Å². The maximum absolute atomic E-state index is 10.6. The lowest BCUT2D eigenvalue weighted by Crippen LogP contribution is -2.24. The maximum Gasteiger partial charge on any atom is 0.132 e. The zero-order valence-electron chi connectivity index (χ0n) is 9.10. The van der Waals surface area contributed by atoms with Crippen molar-refractivity contribution in [3.63, 3.8) is 0 Å². The van der Waals surface area contributed by atoms with E-state index in [-0.39, 0.29) is 37.6 Å². The van der Waals surface area contributed by atoms with Crippen LogP contribution < -0.4 is 0 Å². The number of hydrogen-bond donors (Lipinski definition) is 2. The maximum atomic E-state index is 10.6. The van der Waals surface area contributed by atoms with Gasteiger partial charge in [0.1, 0.15) is 11.6 Å². The van der Waals surface area contributed by atoms with Crippen LogP contribution >= 0.6 is 0 Å². The first-order valence-corrected chi connectivity index (χ1v) is 4.84. The molecule has 0 aliphatic heterocycles. The highest BCUT2D eigenvalue weighted by Gasteiger charge is 2.10. The summed E-state index contributed by atoms with van der Waals surface area (Å²) in [6.07, 6.45) is -1.59. The molecule has 0 amide bonds. The fourth-order valence-corrected chi connectivity index (χ4v) is 1.12. The van der Waals surface area contributed by atoms with E-state index >= 15 is 0 Å². The predicted molar refractivity (Wildman–Crippen MR) is 53.4 cm³/mol. The van der Waals surface area contributed by atoms with Crippen LogP contribution in [0.25, 0.3) is 0 Å². The monoisotopic (exact) mass is 218 g/mol. The minimum absolute atomic E-state index is 0.00541. The fraction of sp³-hybridized carbons (Fsp3) is 0.800. The van der Waals surface area contributed by atoms with Crippen LogP contribution in [-0.2, 0) is 14.3 Å². The third-order valence-corrected chi connectivity index (χ3v) is 1.67. The molecular weight excluding hydrogens is 200 g/mol. The van der Waals surface area contributed by atoms with Gasteiger partial charge in [0.05, 0.1) is 25.4 Å². The number of carbonyl (C=O) groups excluding carboxylic acids is 2. The van der Waals surface area contributed by atoms with E-state index in [4.69, 9.17) is 4.74 Å². The molecule has 0 spiro atoms. The van der Waals surface area contributed by atoms with Crippen molar-refractivity contribution in [2.45, 2.75) is 38.9 Å². The van der Waals surface area contributed by atoms with Gasteiger partial charge in [-0.05, 0) is 13.8 Å². The van der Waals surface area contributed by atoms with Crippen LogP contribution in [0.5, 0.6) is 0 Å². The second kappa shape index (κ2) is 7.50. The zero-order valence-corrected chi connectivity index (χ0v) is 9.10. The van der Waals surface area contributed by atoms with Crippen LogP contribution in [0.2, 0.25) is 0 Å². The average molecular weight is 218 g/mol. The molecule has 0 radical (unpaired) electrons. The Balaban J connectivity index is 3.52. The summed E-state index contributed by atoms with van der Waals surface area (Å²) in [7, 11) is 0. The van der Waals surface area contributed by atoms with Gasteiger partial charge in [0.25, 0.3) is 0 Å². The van der Waals surface area contributed by atoms with E-state index in [2.05, 4.69) is 0 Å². The fourth-order valence-electron chi connectivity index (χ4n) is 1.12. The third-order valence-electron chi connectivity index (χ3n) is 1.67. The first-order chi connectivity index (χ1) is 6.91. The van der Waals surface area contributed by atoms with Gasteiger partial charge in [-0.3, -0.25) is 9.59 Å². The zero-order chi connectivity index (χ0) is 11.8. The molecule has 0 saturated carbocycles. The molecule has 0 bridgehead atoms. The molecule has 2 unspecified atom stereocenters. The molecule has 0 rings (SSSR count). The van der Waals surface area contributed by atoms with Crippen molar-refractivity contribution in [1.82, 2.24) is 0 Å². The lowest BCUT2D eigenvalue weighted by atomic mass is 10.2. The Morgan fingerprint density at radius 3 is 1.60 bits per heavy atom. The molecule has 0 aliphatic rings. The predicted octanol–water partition coefficient (Wildman–Crippen LogP) is -0.317. The Bertz CT molecular complexity index is 192. The number of carbonyl (C=O) groups is 2. The Morgan fingerprint density at radius 2 is 1.33 bits per heavy atom. The summed E-state index contributed by atoms with van der Waals surface area (Å²) in [5, 5.41) is 18.4. The molecule has 0 heterocycles. The van der Waals surface area contributed by atoms with E-state index in [1.54, 1.807) is 0 Å². The van der Waals surface area contributed by atoms with Crippen molar-refractivity contribution in [3.8, 4) is 0 Å². The highest BCUT2D eigenvalue weighted by atomic mass is 16.5. The van der Waals surface area contributed by atoms with E-state index < -0.39 is 12.2 Å². The molecule has 0 saturated heterocycles. The quantitative estimate of drug-likeness (QED) is 0.583. The van der Waals surface area contributed by atoms with Crippen molar-refractivity contribution < 1.29 is 24.5 Å². The van der Waals surface area contributed by atoms with E-state index in [1.165, 1.54) is 13.8 Å². The Hall–Kier alpha value is -0.780.